The monoisotopic (exact) mass is 360 g/mol. The minimum atomic E-state index is -0.942. The topological polar surface area (TPSA) is 51.2 Å². The summed E-state index contributed by atoms with van der Waals surface area (Å²) >= 11 is 1.20. The third-order valence-electron chi connectivity index (χ3n) is 3.61. The van der Waals surface area contributed by atoms with Crippen LogP contribution in [0.15, 0.2) is 41.8 Å². The number of methoxy groups -OCH3 is 1. The maximum Gasteiger partial charge on any atom is 0.257 e. The molecule has 0 aliphatic rings. The standard InChI is InChI=1S/C18H14F2N2O2S/c1-10-3-4-12(8-16(10)24-2)17(23)22-18-21-15(9-25-18)11-5-6-13(19)14(20)7-11/h3-9H,1-2H3,(H,21,22,23). The van der Waals surface area contributed by atoms with Crippen LogP contribution in [0, 0.1) is 18.6 Å². The molecule has 0 saturated heterocycles. The second-order valence-corrected chi connectivity index (χ2v) is 6.16. The van der Waals surface area contributed by atoms with E-state index in [9.17, 15) is 13.6 Å². The number of benzene rings is 2. The van der Waals surface area contributed by atoms with Crippen LogP contribution in [0.5, 0.6) is 5.75 Å². The number of aromatic nitrogens is 1. The van der Waals surface area contributed by atoms with Gasteiger partial charge in [-0.25, -0.2) is 13.8 Å². The predicted molar refractivity (Wildman–Crippen MR) is 93.2 cm³/mol. The van der Waals surface area contributed by atoms with E-state index in [1.807, 2.05) is 6.92 Å². The molecule has 1 amide bonds. The van der Waals surface area contributed by atoms with Gasteiger partial charge in [-0.05, 0) is 42.8 Å². The number of nitrogens with zero attached hydrogens (tertiary/aromatic N) is 1. The molecule has 1 aromatic heterocycles. The van der Waals surface area contributed by atoms with E-state index in [2.05, 4.69) is 10.3 Å². The van der Waals surface area contributed by atoms with Gasteiger partial charge in [-0.1, -0.05) is 6.07 Å². The molecule has 7 heteroatoms. The van der Waals surface area contributed by atoms with Crippen LogP contribution < -0.4 is 10.1 Å². The van der Waals surface area contributed by atoms with Crippen LogP contribution in [0.25, 0.3) is 11.3 Å². The molecule has 0 spiro atoms. The Morgan fingerprint density at radius 1 is 1.16 bits per heavy atom. The van der Waals surface area contributed by atoms with Crippen molar-refractivity contribution in [3.05, 3.63) is 64.5 Å². The molecule has 0 atom stereocenters. The second kappa shape index (κ2) is 6.98. The molecule has 1 heterocycles. The van der Waals surface area contributed by atoms with E-state index < -0.39 is 11.6 Å². The van der Waals surface area contributed by atoms with Crippen LogP contribution in [0.3, 0.4) is 0 Å². The number of amides is 1. The van der Waals surface area contributed by atoms with E-state index >= 15 is 0 Å². The molecular weight excluding hydrogens is 346 g/mol. The lowest BCUT2D eigenvalue weighted by Crippen LogP contribution is -2.12. The maximum absolute atomic E-state index is 13.3. The van der Waals surface area contributed by atoms with Crippen molar-refractivity contribution in [1.29, 1.82) is 0 Å². The summed E-state index contributed by atoms with van der Waals surface area (Å²) in [6.07, 6.45) is 0. The van der Waals surface area contributed by atoms with Gasteiger partial charge >= 0.3 is 0 Å². The number of hydrogen-bond acceptors (Lipinski definition) is 4. The fourth-order valence-electron chi connectivity index (χ4n) is 2.25. The van der Waals surface area contributed by atoms with E-state index in [4.69, 9.17) is 4.74 Å². The third-order valence-corrected chi connectivity index (χ3v) is 4.37. The van der Waals surface area contributed by atoms with Gasteiger partial charge in [0.05, 0.1) is 12.8 Å². The molecule has 3 aromatic rings. The zero-order chi connectivity index (χ0) is 18.0. The lowest BCUT2D eigenvalue weighted by Gasteiger charge is -2.07. The molecule has 0 radical (unpaired) electrons. The molecule has 0 aliphatic carbocycles. The Balaban J connectivity index is 1.79. The number of aryl methyl sites for hydroxylation is 1. The van der Waals surface area contributed by atoms with E-state index in [-0.39, 0.29) is 5.91 Å². The Morgan fingerprint density at radius 2 is 1.96 bits per heavy atom. The summed E-state index contributed by atoms with van der Waals surface area (Å²) < 4.78 is 31.5. The summed E-state index contributed by atoms with van der Waals surface area (Å²) in [7, 11) is 1.54. The van der Waals surface area contributed by atoms with Gasteiger partial charge in [0.2, 0.25) is 0 Å². The van der Waals surface area contributed by atoms with Crippen LogP contribution in [-0.4, -0.2) is 18.0 Å². The first kappa shape index (κ1) is 17.0. The summed E-state index contributed by atoms with van der Waals surface area (Å²) in [6.45, 7) is 1.88. The molecular formula is C18H14F2N2O2S. The predicted octanol–water partition coefficient (Wildman–Crippen LogP) is 4.66. The quantitative estimate of drug-likeness (QED) is 0.736. The maximum atomic E-state index is 13.3. The number of ether oxygens (including phenoxy) is 1. The van der Waals surface area contributed by atoms with Crippen LogP contribution in [0.4, 0.5) is 13.9 Å². The Hall–Kier alpha value is -2.80. The van der Waals surface area contributed by atoms with Gasteiger partial charge < -0.3 is 4.74 Å². The first-order chi connectivity index (χ1) is 12.0. The lowest BCUT2D eigenvalue weighted by molar-refractivity contribution is 0.102. The Kier molecular flexibility index (Phi) is 4.76. The van der Waals surface area contributed by atoms with Crippen molar-refractivity contribution in [3.8, 4) is 17.0 Å². The number of nitrogens with one attached hydrogen (secondary N) is 1. The second-order valence-electron chi connectivity index (χ2n) is 5.31. The van der Waals surface area contributed by atoms with Crippen molar-refractivity contribution in [2.24, 2.45) is 0 Å². The van der Waals surface area contributed by atoms with E-state index in [0.717, 1.165) is 17.7 Å². The number of rotatable bonds is 4. The van der Waals surface area contributed by atoms with Gasteiger partial charge in [-0.15, -0.1) is 11.3 Å². The SMILES string of the molecule is COc1cc(C(=O)Nc2nc(-c3ccc(F)c(F)c3)cs2)ccc1C. The van der Waals surface area contributed by atoms with Crippen molar-refractivity contribution in [3.63, 3.8) is 0 Å². The zero-order valence-electron chi connectivity index (χ0n) is 13.5. The van der Waals surface area contributed by atoms with E-state index in [1.165, 1.54) is 17.4 Å². The van der Waals surface area contributed by atoms with Crippen LogP contribution in [-0.2, 0) is 0 Å². The average Bonchev–Trinajstić information content (AvgIpc) is 3.06. The summed E-state index contributed by atoms with van der Waals surface area (Å²) in [5.74, 6) is -1.57. The van der Waals surface area contributed by atoms with Crippen molar-refractivity contribution in [2.45, 2.75) is 6.92 Å². The van der Waals surface area contributed by atoms with Crippen molar-refractivity contribution >= 4 is 22.4 Å². The zero-order valence-corrected chi connectivity index (χ0v) is 14.3. The molecule has 0 bridgehead atoms. The molecule has 128 valence electrons. The minimum Gasteiger partial charge on any atom is -0.496 e. The average molecular weight is 360 g/mol. The van der Waals surface area contributed by atoms with Gasteiger partial charge in [0.15, 0.2) is 16.8 Å². The summed E-state index contributed by atoms with van der Waals surface area (Å²) in [5.41, 5.74) is 2.26. The molecule has 0 saturated carbocycles. The highest BCUT2D eigenvalue weighted by atomic mass is 32.1. The number of hydrogen-bond donors (Lipinski definition) is 1. The highest BCUT2D eigenvalue weighted by Crippen LogP contribution is 2.27. The molecule has 3 rings (SSSR count). The highest BCUT2D eigenvalue weighted by Gasteiger charge is 2.13. The van der Waals surface area contributed by atoms with Crippen molar-refractivity contribution in [1.82, 2.24) is 4.98 Å². The molecule has 4 nitrogen and oxygen atoms in total. The number of anilines is 1. The lowest BCUT2D eigenvalue weighted by atomic mass is 10.1. The number of carbonyl (C=O) groups is 1. The summed E-state index contributed by atoms with van der Waals surface area (Å²) in [4.78, 5) is 16.6. The van der Waals surface area contributed by atoms with Gasteiger partial charge in [0, 0.05) is 16.5 Å². The number of thiazole rings is 1. The summed E-state index contributed by atoms with van der Waals surface area (Å²) in [6, 6.07) is 8.68. The first-order valence-corrected chi connectivity index (χ1v) is 8.23. The Morgan fingerprint density at radius 3 is 2.68 bits per heavy atom. The van der Waals surface area contributed by atoms with Gasteiger partial charge in [0.1, 0.15) is 5.75 Å². The molecule has 0 fully saturated rings. The largest absolute Gasteiger partial charge is 0.496 e. The highest BCUT2D eigenvalue weighted by molar-refractivity contribution is 7.14. The van der Waals surface area contributed by atoms with Crippen LogP contribution in [0.1, 0.15) is 15.9 Å². The molecule has 0 aliphatic heterocycles. The third kappa shape index (κ3) is 3.66. The minimum absolute atomic E-state index is 0.329. The molecule has 1 N–H and O–H groups in total. The van der Waals surface area contributed by atoms with Gasteiger partial charge in [-0.3, -0.25) is 10.1 Å². The normalized spacial score (nSPS) is 10.6. The molecule has 2 aromatic carbocycles. The Labute approximate surface area is 147 Å². The van der Waals surface area contributed by atoms with Crippen molar-refractivity contribution in [2.75, 3.05) is 12.4 Å². The van der Waals surface area contributed by atoms with E-state index in [0.29, 0.717) is 27.7 Å². The van der Waals surface area contributed by atoms with Gasteiger partial charge in [0.25, 0.3) is 5.91 Å². The fraction of sp³-hybridized carbons (Fsp3) is 0.111. The Bertz CT molecular complexity index is 941. The smallest absolute Gasteiger partial charge is 0.257 e. The molecule has 25 heavy (non-hydrogen) atoms. The number of halogens is 2. The van der Waals surface area contributed by atoms with Gasteiger partial charge in [-0.2, -0.15) is 0 Å². The number of carbonyl (C=O) groups excluding carboxylic acids is 1. The van der Waals surface area contributed by atoms with E-state index in [1.54, 1.807) is 30.7 Å². The van der Waals surface area contributed by atoms with Crippen LogP contribution in [0.2, 0.25) is 0 Å². The van der Waals surface area contributed by atoms with Crippen molar-refractivity contribution < 1.29 is 18.3 Å². The summed E-state index contributed by atoms with van der Waals surface area (Å²) in [5, 5.41) is 4.72. The molecule has 0 unspecified atom stereocenters. The van der Waals surface area contributed by atoms with Crippen LogP contribution >= 0.6 is 11.3 Å². The fourth-order valence-corrected chi connectivity index (χ4v) is 2.96. The first-order valence-electron chi connectivity index (χ1n) is 7.35.